The Morgan fingerprint density at radius 1 is 1.39 bits per heavy atom. The molecule has 5 heteroatoms. The van der Waals surface area contributed by atoms with E-state index in [1.807, 2.05) is 20.9 Å². The number of carbonyl (C=O) groups excluding carboxylic acids is 2. The number of piperidine rings is 1. The van der Waals surface area contributed by atoms with Crippen molar-refractivity contribution in [3.05, 3.63) is 0 Å². The van der Waals surface area contributed by atoms with E-state index >= 15 is 0 Å². The Balaban J connectivity index is 2.54. The lowest BCUT2D eigenvalue weighted by molar-refractivity contribution is -0.142. The molecule has 0 aliphatic carbocycles. The van der Waals surface area contributed by atoms with Crippen LogP contribution in [0.25, 0.3) is 0 Å². The van der Waals surface area contributed by atoms with E-state index in [4.69, 9.17) is 0 Å². The molecule has 1 aliphatic rings. The van der Waals surface area contributed by atoms with Gasteiger partial charge in [0.15, 0.2) is 0 Å². The van der Waals surface area contributed by atoms with Crippen molar-refractivity contribution in [3.63, 3.8) is 0 Å². The molecule has 1 fully saturated rings. The number of hydrogen-bond acceptors (Lipinski definition) is 3. The number of hydrogen-bond donors (Lipinski definition) is 2. The third-order valence-electron chi connectivity index (χ3n) is 3.50. The first kappa shape index (κ1) is 15.0. The highest BCUT2D eigenvalue weighted by atomic mass is 16.2. The van der Waals surface area contributed by atoms with Gasteiger partial charge in [0.1, 0.15) is 6.04 Å². The summed E-state index contributed by atoms with van der Waals surface area (Å²) in [6, 6.07) is -0.0249. The van der Waals surface area contributed by atoms with Crippen LogP contribution in [0.3, 0.4) is 0 Å². The van der Waals surface area contributed by atoms with E-state index in [-0.39, 0.29) is 23.9 Å². The smallest absolute Gasteiger partial charge is 0.242 e. The van der Waals surface area contributed by atoms with Crippen LogP contribution in [0.1, 0.15) is 39.5 Å². The van der Waals surface area contributed by atoms with E-state index in [9.17, 15) is 9.59 Å². The van der Waals surface area contributed by atoms with Gasteiger partial charge >= 0.3 is 0 Å². The zero-order valence-electron chi connectivity index (χ0n) is 11.7. The van der Waals surface area contributed by atoms with E-state index < -0.39 is 0 Å². The number of carbonyl (C=O) groups is 2. The number of likely N-dealkylation sites (tertiary alicyclic amines) is 1. The zero-order valence-corrected chi connectivity index (χ0v) is 11.7. The van der Waals surface area contributed by atoms with Crippen LogP contribution < -0.4 is 10.6 Å². The van der Waals surface area contributed by atoms with Gasteiger partial charge < -0.3 is 15.5 Å². The van der Waals surface area contributed by atoms with E-state index in [1.54, 1.807) is 4.90 Å². The predicted octanol–water partition coefficient (Wildman–Crippen LogP) is 0.502. The molecule has 0 radical (unpaired) electrons. The summed E-state index contributed by atoms with van der Waals surface area (Å²) in [5.74, 6) is 0.0649. The van der Waals surface area contributed by atoms with Crippen molar-refractivity contribution in [2.75, 3.05) is 20.1 Å². The maximum atomic E-state index is 12.1. The lowest BCUT2D eigenvalue weighted by Gasteiger charge is -2.34. The predicted molar refractivity (Wildman–Crippen MR) is 71.2 cm³/mol. The SMILES string of the molecule is CCC(=O)N1CCCCC1C(=O)NCC(C)NC. The summed E-state index contributed by atoms with van der Waals surface area (Å²) < 4.78 is 0. The molecule has 18 heavy (non-hydrogen) atoms. The number of amides is 2. The highest BCUT2D eigenvalue weighted by Crippen LogP contribution is 2.18. The van der Waals surface area contributed by atoms with E-state index in [1.165, 1.54) is 0 Å². The van der Waals surface area contributed by atoms with Crippen molar-refractivity contribution >= 4 is 11.8 Å². The van der Waals surface area contributed by atoms with E-state index in [0.29, 0.717) is 19.5 Å². The Hall–Kier alpha value is -1.10. The van der Waals surface area contributed by atoms with Crippen molar-refractivity contribution in [2.45, 2.75) is 51.6 Å². The maximum absolute atomic E-state index is 12.1. The minimum Gasteiger partial charge on any atom is -0.353 e. The maximum Gasteiger partial charge on any atom is 0.242 e. The minimum absolute atomic E-state index is 0.0152. The van der Waals surface area contributed by atoms with Gasteiger partial charge in [0, 0.05) is 25.6 Å². The van der Waals surface area contributed by atoms with Gasteiger partial charge in [-0.25, -0.2) is 0 Å². The summed E-state index contributed by atoms with van der Waals surface area (Å²) in [5.41, 5.74) is 0. The van der Waals surface area contributed by atoms with Crippen molar-refractivity contribution < 1.29 is 9.59 Å². The van der Waals surface area contributed by atoms with Crippen LogP contribution in [0.5, 0.6) is 0 Å². The Morgan fingerprint density at radius 3 is 2.72 bits per heavy atom. The van der Waals surface area contributed by atoms with Crippen molar-refractivity contribution in [1.82, 2.24) is 15.5 Å². The van der Waals surface area contributed by atoms with E-state index in [0.717, 1.165) is 19.3 Å². The Labute approximate surface area is 109 Å². The molecule has 0 aromatic carbocycles. The monoisotopic (exact) mass is 255 g/mol. The first-order valence-corrected chi connectivity index (χ1v) is 6.84. The molecular formula is C13H25N3O2. The average Bonchev–Trinajstić information content (AvgIpc) is 2.43. The molecule has 0 aromatic rings. The Morgan fingerprint density at radius 2 is 2.11 bits per heavy atom. The van der Waals surface area contributed by atoms with Crippen LogP contribution in [0.4, 0.5) is 0 Å². The second kappa shape index (κ2) is 7.36. The number of rotatable bonds is 5. The summed E-state index contributed by atoms with van der Waals surface area (Å²) in [5, 5.41) is 5.99. The van der Waals surface area contributed by atoms with Crippen LogP contribution in [0.2, 0.25) is 0 Å². The molecule has 0 saturated carbocycles. The van der Waals surface area contributed by atoms with Crippen LogP contribution in [0.15, 0.2) is 0 Å². The third-order valence-corrected chi connectivity index (χ3v) is 3.50. The number of nitrogens with zero attached hydrogens (tertiary/aromatic N) is 1. The molecule has 1 saturated heterocycles. The number of likely N-dealkylation sites (N-methyl/N-ethyl adjacent to an activating group) is 1. The van der Waals surface area contributed by atoms with Gasteiger partial charge in [0.25, 0.3) is 0 Å². The van der Waals surface area contributed by atoms with Crippen molar-refractivity contribution in [1.29, 1.82) is 0 Å². The highest BCUT2D eigenvalue weighted by Gasteiger charge is 2.31. The molecule has 2 amide bonds. The fourth-order valence-corrected chi connectivity index (χ4v) is 2.18. The largest absolute Gasteiger partial charge is 0.353 e. The van der Waals surface area contributed by atoms with Crippen LogP contribution in [0, 0.1) is 0 Å². The topological polar surface area (TPSA) is 61.4 Å². The molecule has 2 atom stereocenters. The van der Waals surface area contributed by atoms with Crippen LogP contribution >= 0.6 is 0 Å². The molecule has 104 valence electrons. The fourth-order valence-electron chi connectivity index (χ4n) is 2.18. The number of nitrogens with one attached hydrogen (secondary N) is 2. The molecule has 1 aliphatic heterocycles. The van der Waals surface area contributed by atoms with Crippen molar-refractivity contribution in [3.8, 4) is 0 Å². The summed E-state index contributed by atoms with van der Waals surface area (Å²) >= 11 is 0. The van der Waals surface area contributed by atoms with Gasteiger partial charge in [0.05, 0.1) is 0 Å². The molecule has 5 nitrogen and oxygen atoms in total. The molecule has 2 N–H and O–H groups in total. The van der Waals surface area contributed by atoms with Crippen molar-refractivity contribution in [2.24, 2.45) is 0 Å². The molecule has 1 heterocycles. The first-order chi connectivity index (χ1) is 8.60. The summed E-state index contributed by atoms with van der Waals surface area (Å²) in [6.45, 7) is 5.16. The Bertz CT molecular complexity index is 294. The van der Waals surface area contributed by atoms with Gasteiger partial charge in [0.2, 0.25) is 11.8 Å². The fraction of sp³-hybridized carbons (Fsp3) is 0.846. The quantitative estimate of drug-likeness (QED) is 0.752. The second-order valence-electron chi connectivity index (χ2n) is 4.89. The van der Waals surface area contributed by atoms with Gasteiger partial charge in [-0.3, -0.25) is 9.59 Å². The summed E-state index contributed by atoms with van der Waals surface area (Å²) in [7, 11) is 1.87. The summed E-state index contributed by atoms with van der Waals surface area (Å²) in [4.78, 5) is 25.7. The van der Waals surface area contributed by atoms with Crippen LogP contribution in [-0.4, -0.2) is 48.9 Å². The minimum atomic E-state index is -0.268. The Kier molecular flexibility index (Phi) is 6.12. The average molecular weight is 255 g/mol. The first-order valence-electron chi connectivity index (χ1n) is 6.84. The highest BCUT2D eigenvalue weighted by molar-refractivity contribution is 5.87. The molecule has 1 rings (SSSR count). The van der Waals surface area contributed by atoms with E-state index in [2.05, 4.69) is 10.6 Å². The molecule has 0 spiro atoms. The van der Waals surface area contributed by atoms with Gasteiger partial charge in [-0.1, -0.05) is 6.92 Å². The molecule has 0 bridgehead atoms. The molecular weight excluding hydrogens is 230 g/mol. The lowest BCUT2D eigenvalue weighted by atomic mass is 10.0. The normalized spacial score (nSPS) is 21.5. The lowest BCUT2D eigenvalue weighted by Crippen LogP contribution is -2.53. The van der Waals surface area contributed by atoms with Gasteiger partial charge in [-0.15, -0.1) is 0 Å². The van der Waals surface area contributed by atoms with Gasteiger partial charge in [-0.05, 0) is 33.2 Å². The standard InChI is InChI=1S/C13H25N3O2/c1-4-12(17)16-8-6-5-7-11(16)13(18)15-9-10(2)14-3/h10-11,14H,4-9H2,1-3H3,(H,15,18). The second-order valence-corrected chi connectivity index (χ2v) is 4.89. The third kappa shape index (κ3) is 3.98. The van der Waals surface area contributed by atoms with Gasteiger partial charge in [-0.2, -0.15) is 0 Å². The zero-order chi connectivity index (χ0) is 13.5. The molecule has 0 aromatic heterocycles. The summed E-state index contributed by atoms with van der Waals surface area (Å²) in [6.07, 6.45) is 3.28. The molecule has 2 unspecified atom stereocenters. The van der Waals surface area contributed by atoms with Crippen LogP contribution in [-0.2, 0) is 9.59 Å².